The van der Waals surface area contributed by atoms with Crippen LogP contribution in [0.1, 0.15) is 12.0 Å². The minimum Gasteiger partial charge on any atom is -0.326 e. The molecule has 2 amide bonds. The summed E-state index contributed by atoms with van der Waals surface area (Å²) in [5.74, 6) is -0.740. The highest BCUT2D eigenvalue weighted by molar-refractivity contribution is 8.15. The van der Waals surface area contributed by atoms with Crippen molar-refractivity contribution >= 4 is 40.1 Å². The molecule has 3 rings (SSSR count). The summed E-state index contributed by atoms with van der Waals surface area (Å²) < 4.78 is 13.0. The Balaban J connectivity index is 1.66. The summed E-state index contributed by atoms with van der Waals surface area (Å²) in [7, 11) is 1.62. The highest BCUT2D eigenvalue weighted by Crippen LogP contribution is 2.30. The van der Waals surface area contributed by atoms with E-state index >= 15 is 0 Å². The van der Waals surface area contributed by atoms with Gasteiger partial charge >= 0.3 is 0 Å². The summed E-state index contributed by atoms with van der Waals surface area (Å²) in [6, 6.07) is 13.2. The molecule has 5 nitrogen and oxygen atoms in total. The van der Waals surface area contributed by atoms with Gasteiger partial charge in [-0.15, -0.1) is 0 Å². The third-order valence-electron chi connectivity index (χ3n) is 3.86. The van der Waals surface area contributed by atoms with Gasteiger partial charge in [-0.05, 0) is 48.9 Å². The van der Waals surface area contributed by atoms with Crippen LogP contribution < -0.4 is 5.32 Å². The number of hydrogen-bond donors (Lipinski definition) is 1. The van der Waals surface area contributed by atoms with E-state index in [9.17, 15) is 14.0 Å². The Morgan fingerprint density at radius 3 is 2.69 bits per heavy atom. The van der Waals surface area contributed by atoms with Gasteiger partial charge in [-0.3, -0.25) is 14.5 Å². The Morgan fingerprint density at radius 2 is 2.00 bits per heavy atom. The summed E-state index contributed by atoms with van der Waals surface area (Å²) in [5, 5.41) is 2.78. The molecule has 0 saturated carbocycles. The Bertz CT molecular complexity index is 867. The largest absolute Gasteiger partial charge is 0.326 e. The van der Waals surface area contributed by atoms with E-state index in [-0.39, 0.29) is 24.1 Å². The van der Waals surface area contributed by atoms with Gasteiger partial charge in [0.1, 0.15) is 11.1 Å². The van der Waals surface area contributed by atoms with Crippen molar-refractivity contribution in [2.45, 2.75) is 18.6 Å². The Kier molecular flexibility index (Phi) is 5.37. The molecule has 26 heavy (non-hydrogen) atoms. The van der Waals surface area contributed by atoms with Gasteiger partial charge in [0.15, 0.2) is 5.17 Å². The molecule has 0 spiro atoms. The van der Waals surface area contributed by atoms with Gasteiger partial charge < -0.3 is 5.32 Å². The van der Waals surface area contributed by atoms with E-state index in [2.05, 4.69) is 10.3 Å². The van der Waals surface area contributed by atoms with E-state index in [4.69, 9.17) is 0 Å². The van der Waals surface area contributed by atoms with Crippen LogP contribution in [0.3, 0.4) is 0 Å². The SMILES string of the molecule is Cc1cccc(NC(=O)C[C@H]2SC(=Nc3ccc(F)cc3)N(C)C2=O)c1. The van der Waals surface area contributed by atoms with Gasteiger partial charge in [0.05, 0.1) is 5.69 Å². The minimum atomic E-state index is -0.524. The fraction of sp³-hybridized carbons (Fsp3) is 0.211. The molecular formula is C19H18FN3O2S. The highest BCUT2D eigenvalue weighted by atomic mass is 32.2. The monoisotopic (exact) mass is 371 g/mol. The molecule has 0 aliphatic carbocycles. The first-order valence-corrected chi connectivity index (χ1v) is 8.95. The molecule has 1 fully saturated rings. The molecule has 0 radical (unpaired) electrons. The van der Waals surface area contributed by atoms with Crippen molar-refractivity contribution in [1.82, 2.24) is 4.90 Å². The average molecular weight is 371 g/mol. The summed E-state index contributed by atoms with van der Waals surface area (Å²) in [6.45, 7) is 1.94. The molecule has 0 bridgehead atoms. The van der Waals surface area contributed by atoms with Crippen LogP contribution in [0.5, 0.6) is 0 Å². The van der Waals surface area contributed by atoms with E-state index < -0.39 is 5.25 Å². The third-order valence-corrected chi connectivity index (χ3v) is 5.09. The smallest absolute Gasteiger partial charge is 0.242 e. The zero-order valence-electron chi connectivity index (χ0n) is 14.4. The molecule has 2 aromatic rings. The summed E-state index contributed by atoms with van der Waals surface area (Å²) in [4.78, 5) is 30.4. The standard InChI is InChI=1S/C19H18FN3O2S/c1-12-4-3-5-15(10-12)21-17(24)11-16-18(25)23(2)19(26-16)22-14-8-6-13(20)7-9-14/h3-10,16H,11H2,1-2H3,(H,21,24)/t16-/m1/s1. The number of aliphatic imine (C=N–C) groups is 1. The van der Waals surface area contributed by atoms with Crippen LogP contribution in [0.4, 0.5) is 15.8 Å². The minimum absolute atomic E-state index is 0.0597. The van der Waals surface area contributed by atoms with E-state index in [1.165, 1.54) is 28.8 Å². The number of amidine groups is 1. The number of hydrogen-bond acceptors (Lipinski definition) is 4. The predicted molar refractivity (Wildman–Crippen MR) is 102 cm³/mol. The number of benzene rings is 2. The highest BCUT2D eigenvalue weighted by Gasteiger charge is 2.36. The fourth-order valence-electron chi connectivity index (χ4n) is 2.53. The van der Waals surface area contributed by atoms with E-state index in [1.807, 2.05) is 31.2 Å². The number of nitrogens with one attached hydrogen (secondary N) is 1. The zero-order valence-corrected chi connectivity index (χ0v) is 15.2. The summed E-state index contributed by atoms with van der Waals surface area (Å²) >= 11 is 1.24. The lowest BCUT2D eigenvalue weighted by atomic mass is 10.2. The topological polar surface area (TPSA) is 61.8 Å². The number of halogens is 1. The van der Waals surface area contributed by atoms with Crippen LogP contribution in [0.15, 0.2) is 53.5 Å². The van der Waals surface area contributed by atoms with Crippen molar-refractivity contribution in [3.05, 3.63) is 59.9 Å². The van der Waals surface area contributed by atoms with Crippen LogP contribution in [0.25, 0.3) is 0 Å². The molecule has 1 heterocycles. The van der Waals surface area contributed by atoms with Gasteiger partial charge in [-0.2, -0.15) is 0 Å². The molecule has 1 saturated heterocycles. The molecule has 2 aromatic carbocycles. The van der Waals surface area contributed by atoms with Gasteiger partial charge in [0.25, 0.3) is 0 Å². The number of amides is 2. The van der Waals surface area contributed by atoms with Crippen molar-refractivity contribution in [3.63, 3.8) is 0 Å². The molecule has 7 heteroatoms. The van der Waals surface area contributed by atoms with Crippen molar-refractivity contribution in [3.8, 4) is 0 Å². The van der Waals surface area contributed by atoms with E-state index in [0.29, 0.717) is 16.5 Å². The Labute approximate surface area is 155 Å². The van der Waals surface area contributed by atoms with Crippen LogP contribution in [0, 0.1) is 12.7 Å². The van der Waals surface area contributed by atoms with Gasteiger partial charge in [-0.25, -0.2) is 9.38 Å². The molecule has 1 aliphatic heterocycles. The van der Waals surface area contributed by atoms with Crippen molar-refractivity contribution in [2.75, 3.05) is 12.4 Å². The maximum Gasteiger partial charge on any atom is 0.242 e. The van der Waals surface area contributed by atoms with Crippen LogP contribution in [-0.4, -0.2) is 34.2 Å². The Morgan fingerprint density at radius 1 is 1.27 bits per heavy atom. The maximum absolute atomic E-state index is 13.0. The van der Waals surface area contributed by atoms with Gasteiger partial charge in [0, 0.05) is 19.2 Å². The second kappa shape index (κ2) is 7.70. The van der Waals surface area contributed by atoms with E-state index in [0.717, 1.165) is 5.56 Å². The normalized spacial score (nSPS) is 18.4. The third kappa shape index (κ3) is 4.29. The lowest BCUT2D eigenvalue weighted by Crippen LogP contribution is -2.30. The van der Waals surface area contributed by atoms with Crippen molar-refractivity contribution in [2.24, 2.45) is 4.99 Å². The van der Waals surface area contributed by atoms with Crippen molar-refractivity contribution in [1.29, 1.82) is 0 Å². The van der Waals surface area contributed by atoms with Gasteiger partial charge in [-0.1, -0.05) is 23.9 Å². The first-order chi connectivity index (χ1) is 12.4. The number of aryl methyl sites for hydroxylation is 1. The Hall–Kier alpha value is -2.67. The fourth-order valence-corrected chi connectivity index (χ4v) is 3.68. The number of carbonyl (C=O) groups excluding carboxylic acids is 2. The summed E-state index contributed by atoms with van der Waals surface area (Å²) in [6.07, 6.45) is 0.0597. The second-order valence-corrected chi connectivity index (χ2v) is 7.17. The van der Waals surface area contributed by atoms with E-state index in [1.54, 1.807) is 19.2 Å². The lowest BCUT2D eigenvalue weighted by molar-refractivity contribution is -0.127. The number of anilines is 1. The summed E-state index contributed by atoms with van der Waals surface area (Å²) in [5.41, 5.74) is 2.31. The van der Waals surface area contributed by atoms with Crippen molar-refractivity contribution < 1.29 is 14.0 Å². The molecule has 134 valence electrons. The predicted octanol–water partition coefficient (Wildman–Crippen LogP) is 3.72. The second-order valence-electron chi connectivity index (χ2n) is 6.00. The number of rotatable bonds is 4. The molecule has 1 aliphatic rings. The first-order valence-electron chi connectivity index (χ1n) is 8.07. The average Bonchev–Trinajstić information content (AvgIpc) is 2.85. The number of nitrogens with zero attached hydrogens (tertiary/aromatic N) is 2. The van der Waals surface area contributed by atoms with Gasteiger partial charge in [0.2, 0.25) is 11.8 Å². The first kappa shape index (κ1) is 18.1. The zero-order chi connectivity index (χ0) is 18.7. The van der Waals surface area contributed by atoms with Crippen LogP contribution in [0.2, 0.25) is 0 Å². The maximum atomic E-state index is 13.0. The van der Waals surface area contributed by atoms with Crippen LogP contribution in [-0.2, 0) is 9.59 Å². The molecule has 1 N–H and O–H groups in total. The number of thioether (sulfide) groups is 1. The molecule has 1 atom stereocenters. The number of carbonyl (C=O) groups is 2. The van der Waals surface area contributed by atoms with Crippen LogP contribution >= 0.6 is 11.8 Å². The quantitative estimate of drug-likeness (QED) is 0.891. The molecular weight excluding hydrogens is 353 g/mol. The lowest BCUT2D eigenvalue weighted by Gasteiger charge is -2.09. The molecule has 0 aromatic heterocycles. The molecule has 0 unspecified atom stereocenters.